The molecule has 226 valence electrons. The normalized spacial score (nSPS) is 13.6. The van der Waals surface area contributed by atoms with E-state index >= 15 is 0 Å². The topological polar surface area (TPSA) is 32.8 Å². The van der Waals surface area contributed by atoms with Crippen molar-refractivity contribution in [2.45, 2.75) is 78.5 Å². The third-order valence-corrected chi connectivity index (χ3v) is 8.02. The molecule has 0 radical (unpaired) electrons. The highest BCUT2D eigenvalue weighted by Gasteiger charge is 2.30. The van der Waals surface area contributed by atoms with Gasteiger partial charge in [0.15, 0.2) is 0 Å². The Morgan fingerprint density at radius 2 is 1.35 bits per heavy atom. The van der Waals surface area contributed by atoms with Crippen LogP contribution in [0.25, 0.3) is 0 Å². The van der Waals surface area contributed by atoms with Crippen LogP contribution in [0, 0.1) is 0 Å². The monoisotopic (exact) mass is 576 g/mol. The Bertz CT molecular complexity index is 1330. The van der Waals surface area contributed by atoms with Crippen molar-refractivity contribution in [3.05, 3.63) is 131 Å². The number of carbonyl (C=O) groups is 1. The summed E-state index contributed by atoms with van der Waals surface area (Å²) in [5.41, 5.74) is 5.45. The third-order valence-electron chi connectivity index (χ3n) is 8.02. The number of hydrogen-bond acceptors (Lipinski definition) is 3. The Labute approximate surface area is 259 Å². The first kappa shape index (κ1) is 32.0. The molecule has 1 fully saturated rings. The molecule has 1 heterocycles. The Balaban J connectivity index is 0.00000207. The van der Waals surface area contributed by atoms with Gasteiger partial charge in [0.05, 0.1) is 0 Å². The number of nitrogens with zero attached hydrogens (tertiary/aromatic N) is 2. The van der Waals surface area contributed by atoms with Crippen LogP contribution >= 0.6 is 0 Å². The van der Waals surface area contributed by atoms with E-state index in [1.165, 1.54) is 30.4 Å². The molecule has 0 atom stereocenters. The van der Waals surface area contributed by atoms with Crippen LogP contribution in [0.2, 0.25) is 0 Å². The largest absolute Gasteiger partial charge is 0.489 e. The molecule has 4 nitrogen and oxygen atoms in total. The molecular weight excluding hydrogens is 528 g/mol. The molecule has 1 saturated heterocycles. The molecule has 4 aromatic rings. The SMILES string of the molecule is CC.CCCCCc1ccc(C(=O)N(c2ccc(OCc3ccccc3)cc2)C2CCN(Cc3ccccc3)CC2)cc1. The first-order valence-electron chi connectivity index (χ1n) is 16.1. The van der Waals surface area contributed by atoms with E-state index in [0.717, 1.165) is 61.5 Å². The van der Waals surface area contributed by atoms with Gasteiger partial charge >= 0.3 is 0 Å². The molecule has 4 heteroatoms. The number of rotatable bonds is 12. The Morgan fingerprint density at radius 3 is 1.95 bits per heavy atom. The number of hydrogen-bond donors (Lipinski definition) is 0. The molecule has 0 N–H and O–H groups in total. The van der Waals surface area contributed by atoms with Crippen LogP contribution in [0.15, 0.2) is 109 Å². The van der Waals surface area contributed by atoms with E-state index in [-0.39, 0.29) is 11.9 Å². The van der Waals surface area contributed by atoms with Crippen LogP contribution in [0.3, 0.4) is 0 Å². The number of unbranched alkanes of at least 4 members (excludes halogenated alkanes) is 2. The molecule has 0 aromatic heterocycles. The van der Waals surface area contributed by atoms with Crippen molar-refractivity contribution in [1.29, 1.82) is 0 Å². The molecule has 1 aliphatic rings. The summed E-state index contributed by atoms with van der Waals surface area (Å²) in [6, 6.07) is 37.3. The van der Waals surface area contributed by atoms with E-state index in [1.807, 2.05) is 73.3 Å². The smallest absolute Gasteiger partial charge is 0.258 e. The van der Waals surface area contributed by atoms with Gasteiger partial charge < -0.3 is 9.64 Å². The third kappa shape index (κ3) is 9.56. The average molecular weight is 577 g/mol. The molecule has 0 aliphatic carbocycles. The van der Waals surface area contributed by atoms with E-state index in [1.54, 1.807) is 0 Å². The number of piperidine rings is 1. The van der Waals surface area contributed by atoms with Crippen LogP contribution in [-0.4, -0.2) is 29.9 Å². The Kier molecular flexibility index (Phi) is 12.9. The predicted octanol–water partition coefficient (Wildman–Crippen LogP) is 9.34. The highest BCUT2D eigenvalue weighted by Crippen LogP contribution is 2.29. The zero-order valence-electron chi connectivity index (χ0n) is 26.3. The van der Waals surface area contributed by atoms with Gasteiger partial charge in [0.1, 0.15) is 12.4 Å². The van der Waals surface area contributed by atoms with E-state index < -0.39 is 0 Å². The highest BCUT2D eigenvalue weighted by atomic mass is 16.5. The molecule has 0 saturated carbocycles. The number of aryl methyl sites for hydroxylation is 1. The number of benzene rings is 4. The standard InChI is InChI=1S/C37H42N2O2.C2H6/c1-2-3-6-11-30-16-18-33(19-17-30)37(40)39(35-24-26-38(27-25-35)28-31-12-7-4-8-13-31)34-20-22-36(23-21-34)41-29-32-14-9-5-10-15-32;1-2/h4-5,7-10,12-23,35H,2-3,6,11,24-29H2,1H3;1-2H3. The number of anilines is 1. The van der Waals surface area contributed by atoms with Gasteiger partial charge in [0.25, 0.3) is 5.91 Å². The van der Waals surface area contributed by atoms with E-state index in [9.17, 15) is 4.79 Å². The van der Waals surface area contributed by atoms with E-state index in [0.29, 0.717) is 6.61 Å². The molecular formula is C39H48N2O2. The van der Waals surface area contributed by atoms with E-state index in [4.69, 9.17) is 4.74 Å². The van der Waals surface area contributed by atoms with Crippen molar-refractivity contribution in [3.8, 4) is 5.75 Å². The second-order valence-electron chi connectivity index (χ2n) is 11.1. The lowest BCUT2D eigenvalue weighted by Gasteiger charge is -2.38. The number of amides is 1. The quantitative estimate of drug-likeness (QED) is 0.158. The average Bonchev–Trinajstić information content (AvgIpc) is 3.07. The van der Waals surface area contributed by atoms with Crippen molar-refractivity contribution < 1.29 is 9.53 Å². The fourth-order valence-corrected chi connectivity index (χ4v) is 5.65. The summed E-state index contributed by atoms with van der Waals surface area (Å²) < 4.78 is 6.03. The van der Waals surface area contributed by atoms with Gasteiger partial charge in [-0.25, -0.2) is 0 Å². The minimum atomic E-state index is 0.0737. The summed E-state index contributed by atoms with van der Waals surface area (Å²) in [5.74, 6) is 0.878. The number of carbonyl (C=O) groups excluding carboxylic acids is 1. The molecule has 43 heavy (non-hydrogen) atoms. The maximum atomic E-state index is 14.1. The van der Waals surface area contributed by atoms with E-state index in [2.05, 4.69) is 66.4 Å². The fraction of sp³-hybridized carbons (Fsp3) is 0.359. The second kappa shape index (κ2) is 17.3. The molecule has 1 aliphatic heterocycles. The van der Waals surface area contributed by atoms with Crippen LogP contribution in [0.4, 0.5) is 5.69 Å². The lowest BCUT2D eigenvalue weighted by Crippen LogP contribution is -2.47. The van der Waals surface area contributed by atoms with Crippen molar-refractivity contribution >= 4 is 11.6 Å². The van der Waals surface area contributed by atoms with Crippen molar-refractivity contribution in [1.82, 2.24) is 4.90 Å². The second-order valence-corrected chi connectivity index (χ2v) is 11.1. The summed E-state index contributed by atoms with van der Waals surface area (Å²) in [7, 11) is 0. The van der Waals surface area contributed by atoms with Gasteiger partial charge in [0, 0.05) is 36.9 Å². The fourth-order valence-electron chi connectivity index (χ4n) is 5.65. The van der Waals surface area contributed by atoms with Gasteiger partial charge in [-0.1, -0.05) is 106 Å². The molecule has 5 rings (SSSR count). The van der Waals surface area contributed by atoms with Gasteiger partial charge in [-0.3, -0.25) is 9.69 Å². The lowest BCUT2D eigenvalue weighted by atomic mass is 9.99. The highest BCUT2D eigenvalue weighted by molar-refractivity contribution is 6.06. The van der Waals surface area contributed by atoms with Gasteiger partial charge in [-0.2, -0.15) is 0 Å². The predicted molar refractivity (Wildman–Crippen MR) is 180 cm³/mol. The van der Waals surface area contributed by atoms with Crippen molar-refractivity contribution in [2.24, 2.45) is 0 Å². The first-order valence-corrected chi connectivity index (χ1v) is 16.1. The minimum absolute atomic E-state index is 0.0737. The maximum absolute atomic E-state index is 14.1. The van der Waals surface area contributed by atoms with Crippen LogP contribution in [0.5, 0.6) is 5.75 Å². The van der Waals surface area contributed by atoms with Crippen LogP contribution in [-0.2, 0) is 19.6 Å². The first-order chi connectivity index (χ1) is 21.2. The number of ether oxygens (including phenoxy) is 1. The molecule has 0 spiro atoms. The minimum Gasteiger partial charge on any atom is -0.489 e. The summed E-state index contributed by atoms with van der Waals surface area (Å²) >= 11 is 0. The molecule has 4 aromatic carbocycles. The summed E-state index contributed by atoms with van der Waals surface area (Å²) in [6.45, 7) is 9.64. The summed E-state index contributed by atoms with van der Waals surface area (Å²) in [6.07, 6.45) is 6.60. The Hall–Kier alpha value is -3.89. The summed E-state index contributed by atoms with van der Waals surface area (Å²) in [5, 5.41) is 0. The number of likely N-dealkylation sites (tertiary alicyclic amines) is 1. The van der Waals surface area contributed by atoms with Crippen LogP contribution in [0.1, 0.15) is 79.9 Å². The van der Waals surface area contributed by atoms with Gasteiger partial charge in [-0.05, 0) is 78.8 Å². The zero-order valence-corrected chi connectivity index (χ0v) is 26.3. The molecule has 1 amide bonds. The molecule has 0 bridgehead atoms. The Morgan fingerprint density at radius 1 is 0.744 bits per heavy atom. The summed E-state index contributed by atoms with van der Waals surface area (Å²) in [4.78, 5) is 18.6. The van der Waals surface area contributed by atoms with Crippen molar-refractivity contribution in [2.75, 3.05) is 18.0 Å². The zero-order chi connectivity index (χ0) is 30.3. The van der Waals surface area contributed by atoms with Crippen molar-refractivity contribution in [3.63, 3.8) is 0 Å². The van der Waals surface area contributed by atoms with Gasteiger partial charge in [-0.15, -0.1) is 0 Å². The van der Waals surface area contributed by atoms with Gasteiger partial charge in [0.2, 0.25) is 0 Å². The lowest BCUT2D eigenvalue weighted by molar-refractivity contribution is 0.0958. The van der Waals surface area contributed by atoms with Crippen LogP contribution < -0.4 is 9.64 Å². The maximum Gasteiger partial charge on any atom is 0.258 e. The molecule has 0 unspecified atom stereocenters.